The minimum Gasteiger partial charge on any atom is -0.490 e. The van der Waals surface area contributed by atoms with Crippen LogP contribution in [0.2, 0.25) is 0 Å². The van der Waals surface area contributed by atoms with Crippen molar-refractivity contribution in [3.63, 3.8) is 0 Å². The van der Waals surface area contributed by atoms with Gasteiger partial charge in [-0.3, -0.25) is 4.98 Å². The van der Waals surface area contributed by atoms with Crippen molar-refractivity contribution in [3.8, 4) is 11.5 Å². The maximum absolute atomic E-state index is 12.3. The van der Waals surface area contributed by atoms with E-state index in [1.54, 1.807) is 30.5 Å². The molecule has 2 N–H and O–H groups in total. The highest BCUT2D eigenvalue weighted by molar-refractivity contribution is 6.05. The van der Waals surface area contributed by atoms with Gasteiger partial charge in [0, 0.05) is 29.8 Å². The fourth-order valence-corrected chi connectivity index (χ4v) is 2.73. The van der Waals surface area contributed by atoms with E-state index in [1.807, 2.05) is 24.3 Å². The van der Waals surface area contributed by atoms with Gasteiger partial charge in [0.15, 0.2) is 11.5 Å². The van der Waals surface area contributed by atoms with E-state index >= 15 is 0 Å². The lowest BCUT2D eigenvalue weighted by atomic mass is 10.2. The fraction of sp³-hybridized carbons (Fsp3) is 0.158. The number of fused-ring (bicyclic) bond motifs is 2. The molecular weight excluding hydrogens is 354 g/mol. The predicted octanol–water partition coefficient (Wildman–Crippen LogP) is 4.46. The Hall–Kier alpha value is -2.99. The van der Waals surface area contributed by atoms with Crippen LogP contribution in [0.25, 0.3) is 10.9 Å². The number of amides is 2. The number of nitrogens with one attached hydrogen (secondary N) is 2. The zero-order valence-corrected chi connectivity index (χ0v) is 14.7. The molecule has 0 unspecified atom stereocenters. The maximum atomic E-state index is 12.3. The summed E-state index contributed by atoms with van der Waals surface area (Å²) in [5.41, 5.74) is 2.17. The van der Waals surface area contributed by atoms with Crippen molar-refractivity contribution in [1.29, 1.82) is 0 Å². The highest BCUT2D eigenvalue weighted by atomic mass is 35.5. The third-order valence-electron chi connectivity index (χ3n) is 3.90. The molecule has 6 nitrogen and oxygen atoms in total. The smallest absolute Gasteiger partial charge is 0.323 e. The van der Waals surface area contributed by atoms with Crippen molar-refractivity contribution < 1.29 is 14.3 Å². The van der Waals surface area contributed by atoms with E-state index in [0.717, 1.165) is 17.3 Å². The molecule has 0 saturated heterocycles. The van der Waals surface area contributed by atoms with Gasteiger partial charge in [-0.05, 0) is 24.3 Å². The Morgan fingerprint density at radius 3 is 2.65 bits per heavy atom. The Bertz CT molecular complexity index is 928. The minimum atomic E-state index is -0.328. The van der Waals surface area contributed by atoms with Gasteiger partial charge in [0.05, 0.1) is 24.4 Å². The second-order valence-corrected chi connectivity index (χ2v) is 5.67. The number of benzene rings is 2. The van der Waals surface area contributed by atoms with E-state index in [1.165, 1.54) is 0 Å². The van der Waals surface area contributed by atoms with Crippen molar-refractivity contribution in [2.75, 3.05) is 23.8 Å². The normalized spacial score (nSPS) is 12.6. The number of para-hydroxylation sites is 1. The number of urea groups is 1. The van der Waals surface area contributed by atoms with Gasteiger partial charge in [-0.1, -0.05) is 18.2 Å². The molecule has 7 heteroatoms. The van der Waals surface area contributed by atoms with Gasteiger partial charge in [0.2, 0.25) is 0 Å². The first-order valence-corrected chi connectivity index (χ1v) is 8.11. The van der Waals surface area contributed by atoms with Crippen LogP contribution in [0.15, 0.2) is 54.7 Å². The van der Waals surface area contributed by atoms with Gasteiger partial charge < -0.3 is 20.1 Å². The lowest BCUT2D eigenvalue weighted by Gasteiger charge is -2.12. The summed E-state index contributed by atoms with van der Waals surface area (Å²) in [6.07, 6.45) is 2.51. The maximum Gasteiger partial charge on any atom is 0.323 e. The highest BCUT2D eigenvalue weighted by Crippen LogP contribution is 2.32. The summed E-state index contributed by atoms with van der Waals surface area (Å²) < 4.78 is 11.2. The molecule has 0 aliphatic carbocycles. The van der Waals surface area contributed by atoms with Crippen LogP contribution in [-0.2, 0) is 0 Å². The minimum absolute atomic E-state index is 0. The van der Waals surface area contributed by atoms with E-state index < -0.39 is 0 Å². The summed E-state index contributed by atoms with van der Waals surface area (Å²) >= 11 is 0. The molecule has 0 fully saturated rings. The first-order chi connectivity index (χ1) is 12.3. The van der Waals surface area contributed by atoms with Gasteiger partial charge >= 0.3 is 6.03 Å². The molecule has 3 aromatic rings. The summed E-state index contributed by atoms with van der Waals surface area (Å²) in [4.78, 5) is 16.6. The molecule has 1 aromatic heterocycles. The van der Waals surface area contributed by atoms with Crippen LogP contribution in [0.4, 0.5) is 16.2 Å². The Labute approximate surface area is 156 Å². The van der Waals surface area contributed by atoms with Crippen LogP contribution in [0.5, 0.6) is 11.5 Å². The molecule has 134 valence electrons. The topological polar surface area (TPSA) is 72.5 Å². The van der Waals surface area contributed by atoms with E-state index in [0.29, 0.717) is 36.1 Å². The molecule has 0 spiro atoms. The molecule has 1 aliphatic rings. The Kier molecular flexibility index (Phi) is 5.43. The Balaban J connectivity index is 0.00000196. The number of nitrogens with zero attached hydrogens (tertiary/aromatic N) is 1. The van der Waals surface area contributed by atoms with Gasteiger partial charge in [0.1, 0.15) is 0 Å². The SMILES string of the molecule is Cl.O=C(Nc1ccc2c(c1)OCCCO2)Nc1ccnc2ccccc12. The van der Waals surface area contributed by atoms with Crippen molar-refractivity contribution >= 4 is 40.7 Å². The number of aromatic nitrogens is 1. The lowest BCUT2D eigenvalue weighted by Crippen LogP contribution is -2.19. The molecule has 2 amide bonds. The quantitative estimate of drug-likeness (QED) is 0.697. The predicted molar refractivity (Wildman–Crippen MR) is 104 cm³/mol. The van der Waals surface area contributed by atoms with Gasteiger partial charge in [-0.25, -0.2) is 4.79 Å². The number of hydrogen-bond acceptors (Lipinski definition) is 4. The number of carbonyl (C=O) groups is 1. The first-order valence-electron chi connectivity index (χ1n) is 8.11. The van der Waals surface area contributed by atoms with Crippen molar-refractivity contribution in [1.82, 2.24) is 4.98 Å². The first kappa shape index (κ1) is 17.8. The molecule has 0 radical (unpaired) electrons. The van der Waals surface area contributed by atoms with E-state index in [-0.39, 0.29) is 18.4 Å². The molecule has 4 rings (SSSR count). The number of anilines is 2. The standard InChI is InChI=1S/C19H17N3O3.ClH/c23-19(22-16-8-9-20-15-5-2-1-4-14(15)16)21-13-6-7-17-18(12-13)25-11-3-10-24-17;/h1-2,4-9,12H,3,10-11H2,(H2,20,21,22,23);1H. The number of ether oxygens (including phenoxy) is 2. The Morgan fingerprint density at radius 1 is 0.962 bits per heavy atom. The molecule has 2 aromatic carbocycles. The molecule has 0 bridgehead atoms. The molecule has 1 aliphatic heterocycles. The number of pyridine rings is 1. The molecule has 2 heterocycles. The number of halogens is 1. The molecular formula is C19H18ClN3O3. The zero-order chi connectivity index (χ0) is 17.1. The number of rotatable bonds is 2. The third kappa shape index (κ3) is 3.81. The summed E-state index contributed by atoms with van der Waals surface area (Å²) in [5.74, 6) is 1.34. The van der Waals surface area contributed by atoms with Gasteiger partial charge in [-0.2, -0.15) is 0 Å². The van der Waals surface area contributed by atoms with E-state index in [2.05, 4.69) is 15.6 Å². The highest BCUT2D eigenvalue weighted by Gasteiger charge is 2.12. The monoisotopic (exact) mass is 371 g/mol. The average Bonchev–Trinajstić information content (AvgIpc) is 2.87. The van der Waals surface area contributed by atoms with E-state index in [4.69, 9.17) is 9.47 Å². The van der Waals surface area contributed by atoms with Crippen molar-refractivity contribution in [3.05, 3.63) is 54.7 Å². The molecule has 26 heavy (non-hydrogen) atoms. The third-order valence-corrected chi connectivity index (χ3v) is 3.90. The average molecular weight is 372 g/mol. The van der Waals surface area contributed by atoms with Crippen LogP contribution < -0.4 is 20.1 Å². The lowest BCUT2D eigenvalue weighted by molar-refractivity contribution is 0.262. The Morgan fingerprint density at radius 2 is 1.77 bits per heavy atom. The summed E-state index contributed by atoms with van der Waals surface area (Å²) in [7, 11) is 0. The van der Waals surface area contributed by atoms with E-state index in [9.17, 15) is 4.79 Å². The summed E-state index contributed by atoms with van der Waals surface area (Å²) in [5, 5.41) is 6.57. The van der Waals surface area contributed by atoms with Gasteiger partial charge in [-0.15, -0.1) is 12.4 Å². The zero-order valence-electron chi connectivity index (χ0n) is 13.9. The number of carbonyl (C=O) groups excluding carboxylic acids is 1. The summed E-state index contributed by atoms with van der Waals surface area (Å²) in [6.45, 7) is 1.24. The van der Waals surface area contributed by atoms with Crippen LogP contribution in [0.1, 0.15) is 6.42 Å². The van der Waals surface area contributed by atoms with Crippen LogP contribution in [0.3, 0.4) is 0 Å². The molecule has 0 saturated carbocycles. The van der Waals surface area contributed by atoms with Crippen molar-refractivity contribution in [2.45, 2.75) is 6.42 Å². The second kappa shape index (κ2) is 7.93. The second-order valence-electron chi connectivity index (χ2n) is 5.67. The van der Waals surface area contributed by atoms with Crippen molar-refractivity contribution in [2.24, 2.45) is 0 Å². The number of hydrogen-bond donors (Lipinski definition) is 2. The molecule has 0 atom stereocenters. The summed E-state index contributed by atoms with van der Waals surface area (Å²) in [6, 6.07) is 14.5. The van der Waals surface area contributed by atoms with Crippen LogP contribution in [-0.4, -0.2) is 24.2 Å². The fourth-order valence-electron chi connectivity index (χ4n) is 2.73. The van der Waals surface area contributed by atoms with Crippen LogP contribution in [0, 0.1) is 0 Å². The largest absolute Gasteiger partial charge is 0.490 e. The van der Waals surface area contributed by atoms with Gasteiger partial charge in [0.25, 0.3) is 0 Å². The van der Waals surface area contributed by atoms with Crippen LogP contribution >= 0.6 is 12.4 Å².